The number of carbonyl (C=O) groups is 4. The molecule has 1 aromatic rings. The summed E-state index contributed by atoms with van der Waals surface area (Å²) in [6.45, 7) is 2.89. The van der Waals surface area contributed by atoms with Crippen LogP contribution in [0.5, 0.6) is 5.75 Å². The number of ether oxygens (including phenoxy) is 6. The lowest BCUT2D eigenvalue weighted by Crippen LogP contribution is -2.63. The van der Waals surface area contributed by atoms with Crippen molar-refractivity contribution in [2.24, 2.45) is 0 Å². The number of carbonyl (C=O) groups excluding carboxylic acids is 4. The van der Waals surface area contributed by atoms with Gasteiger partial charge in [-0.1, -0.05) is 11.6 Å². The molecular formula is C19H20ClNO12. The van der Waals surface area contributed by atoms with Gasteiger partial charge in [-0.05, 0) is 6.07 Å². The quantitative estimate of drug-likeness (QED) is 0.161. The topological polar surface area (TPSA) is 167 Å². The molecule has 0 N–H and O–H groups in total. The van der Waals surface area contributed by atoms with E-state index in [0.717, 1.165) is 32.9 Å². The number of hydrogen-bond acceptors (Lipinski definition) is 12. The highest BCUT2D eigenvalue weighted by molar-refractivity contribution is 6.32. The molecule has 0 bridgehead atoms. The van der Waals surface area contributed by atoms with Crippen LogP contribution in [0.2, 0.25) is 5.02 Å². The van der Waals surface area contributed by atoms with Gasteiger partial charge in [-0.3, -0.25) is 29.3 Å². The van der Waals surface area contributed by atoms with Gasteiger partial charge in [0.15, 0.2) is 12.2 Å². The third-order valence-electron chi connectivity index (χ3n) is 4.23. The van der Waals surface area contributed by atoms with Crippen molar-refractivity contribution >= 4 is 41.7 Å². The standard InChI is InChI=1S/C19H20ClNO12/c1-9(23)28-7-15-16(30-10(2)24)17(29-8-22)18(31-11(3)25)19(33-15)32-14-5-4-12(21(26)27)6-13(14)20/h4-6,8,15-19H,7H2,1-3H3/t15-,16-,17+,18-,19+/m1/s1. The lowest BCUT2D eigenvalue weighted by molar-refractivity contribution is -0.384. The molecule has 33 heavy (non-hydrogen) atoms. The maximum atomic E-state index is 11.7. The monoisotopic (exact) mass is 489 g/mol. The normalized spacial score (nSPS) is 24.2. The molecule has 0 aromatic heterocycles. The SMILES string of the molecule is CC(=O)OC[C@H]1O[C@H](Oc2ccc([N+](=O)[O-])cc2Cl)[C@H](OC(C)=O)[C@@H](OC=O)[C@@H]1OC(C)=O. The van der Waals surface area contributed by atoms with Crippen molar-refractivity contribution in [3.05, 3.63) is 33.3 Å². The number of nitro groups is 1. The fourth-order valence-corrected chi connectivity index (χ4v) is 3.22. The zero-order valence-electron chi connectivity index (χ0n) is 17.6. The van der Waals surface area contributed by atoms with Gasteiger partial charge in [0.05, 0.1) is 9.95 Å². The van der Waals surface area contributed by atoms with Crippen LogP contribution in [-0.4, -0.2) is 66.6 Å². The summed E-state index contributed by atoms with van der Waals surface area (Å²) in [5.74, 6) is -2.36. The number of rotatable bonds is 9. The zero-order valence-corrected chi connectivity index (χ0v) is 18.4. The molecule has 1 heterocycles. The molecule has 1 aromatic carbocycles. The van der Waals surface area contributed by atoms with Crippen molar-refractivity contribution in [2.75, 3.05) is 6.61 Å². The van der Waals surface area contributed by atoms with Gasteiger partial charge in [-0.25, -0.2) is 0 Å². The number of hydrogen-bond donors (Lipinski definition) is 0. The minimum Gasteiger partial charge on any atom is -0.463 e. The predicted molar refractivity (Wildman–Crippen MR) is 106 cm³/mol. The molecule has 0 aliphatic carbocycles. The average Bonchev–Trinajstić information content (AvgIpc) is 2.71. The van der Waals surface area contributed by atoms with Crippen LogP contribution < -0.4 is 4.74 Å². The van der Waals surface area contributed by atoms with Crippen molar-refractivity contribution < 1.29 is 52.5 Å². The Kier molecular flexibility index (Phi) is 8.94. The molecule has 1 aliphatic heterocycles. The van der Waals surface area contributed by atoms with Crippen LogP contribution in [0.4, 0.5) is 5.69 Å². The summed E-state index contributed by atoms with van der Waals surface area (Å²) >= 11 is 6.06. The highest BCUT2D eigenvalue weighted by Gasteiger charge is 2.53. The minimum absolute atomic E-state index is 0.0434. The number of esters is 3. The van der Waals surface area contributed by atoms with Crippen LogP contribution in [-0.2, 0) is 42.9 Å². The van der Waals surface area contributed by atoms with Gasteiger partial charge < -0.3 is 28.4 Å². The van der Waals surface area contributed by atoms with E-state index >= 15 is 0 Å². The second-order valence-corrected chi connectivity index (χ2v) is 7.09. The maximum Gasteiger partial charge on any atom is 0.303 e. The van der Waals surface area contributed by atoms with Gasteiger partial charge >= 0.3 is 17.9 Å². The molecular weight excluding hydrogens is 470 g/mol. The molecule has 5 atom stereocenters. The van der Waals surface area contributed by atoms with Crippen LogP contribution in [0.25, 0.3) is 0 Å². The van der Waals surface area contributed by atoms with Crippen molar-refractivity contribution in [2.45, 2.75) is 51.5 Å². The van der Waals surface area contributed by atoms with E-state index in [0.29, 0.717) is 0 Å². The smallest absolute Gasteiger partial charge is 0.303 e. The van der Waals surface area contributed by atoms with Crippen molar-refractivity contribution in [3.63, 3.8) is 0 Å². The summed E-state index contributed by atoms with van der Waals surface area (Å²) in [6.07, 6.45) is -6.95. The maximum absolute atomic E-state index is 11.7. The molecule has 13 nitrogen and oxygen atoms in total. The Balaban J connectivity index is 2.45. The fourth-order valence-electron chi connectivity index (χ4n) is 3.00. The molecule has 1 aliphatic rings. The summed E-state index contributed by atoms with van der Waals surface area (Å²) in [5.41, 5.74) is -0.307. The van der Waals surface area contributed by atoms with Crippen molar-refractivity contribution in [1.82, 2.24) is 0 Å². The highest BCUT2D eigenvalue weighted by Crippen LogP contribution is 2.34. The molecule has 2 rings (SSSR count). The lowest BCUT2D eigenvalue weighted by Gasteiger charge is -2.43. The van der Waals surface area contributed by atoms with E-state index in [4.69, 9.17) is 40.0 Å². The first-order valence-electron chi connectivity index (χ1n) is 9.36. The minimum atomic E-state index is -1.51. The molecule has 1 fully saturated rings. The summed E-state index contributed by atoms with van der Waals surface area (Å²) in [7, 11) is 0. The highest BCUT2D eigenvalue weighted by atomic mass is 35.5. The van der Waals surface area contributed by atoms with Crippen LogP contribution in [0.15, 0.2) is 18.2 Å². The Hall–Kier alpha value is -3.45. The Morgan fingerprint density at radius 2 is 1.73 bits per heavy atom. The Labute approximate surface area is 191 Å². The van der Waals surface area contributed by atoms with Crippen LogP contribution in [0, 0.1) is 10.1 Å². The second-order valence-electron chi connectivity index (χ2n) is 6.68. The Morgan fingerprint density at radius 1 is 1.09 bits per heavy atom. The van der Waals surface area contributed by atoms with Crippen LogP contribution in [0.3, 0.4) is 0 Å². The van der Waals surface area contributed by atoms with Gasteiger partial charge in [0.2, 0.25) is 12.4 Å². The van der Waals surface area contributed by atoms with E-state index in [1.54, 1.807) is 0 Å². The van der Waals surface area contributed by atoms with Gasteiger partial charge in [0, 0.05) is 32.9 Å². The molecule has 0 radical (unpaired) electrons. The first kappa shape index (κ1) is 25.8. The summed E-state index contributed by atoms with van der Waals surface area (Å²) in [5, 5.41) is 10.8. The van der Waals surface area contributed by atoms with E-state index in [2.05, 4.69) is 0 Å². The number of halogens is 1. The predicted octanol–water partition coefficient (Wildman–Crippen LogP) is 1.32. The summed E-state index contributed by atoms with van der Waals surface area (Å²) in [6, 6.07) is 3.32. The third kappa shape index (κ3) is 7.02. The molecule has 0 amide bonds. The lowest BCUT2D eigenvalue weighted by atomic mass is 9.98. The Morgan fingerprint density at radius 3 is 2.24 bits per heavy atom. The first-order chi connectivity index (χ1) is 15.5. The fraction of sp³-hybridized carbons (Fsp3) is 0.474. The van der Waals surface area contributed by atoms with E-state index in [1.165, 1.54) is 6.07 Å². The molecule has 0 unspecified atom stereocenters. The van der Waals surface area contributed by atoms with E-state index < -0.39 is 60.1 Å². The molecule has 180 valence electrons. The average molecular weight is 490 g/mol. The van der Waals surface area contributed by atoms with Crippen LogP contribution >= 0.6 is 11.6 Å². The number of benzene rings is 1. The van der Waals surface area contributed by atoms with E-state index in [1.807, 2.05) is 0 Å². The molecule has 0 spiro atoms. The molecule has 14 heteroatoms. The second kappa shape index (κ2) is 11.4. The van der Waals surface area contributed by atoms with Crippen LogP contribution in [0.1, 0.15) is 20.8 Å². The van der Waals surface area contributed by atoms with Gasteiger partial charge in [0.1, 0.15) is 18.5 Å². The first-order valence-corrected chi connectivity index (χ1v) is 9.74. The Bertz CT molecular complexity index is 922. The summed E-state index contributed by atoms with van der Waals surface area (Å²) in [4.78, 5) is 56.1. The third-order valence-corrected chi connectivity index (χ3v) is 4.52. The van der Waals surface area contributed by atoms with E-state index in [9.17, 15) is 29.3 Å². The van der Waals surface area contributed by atoms with Crippen molar-refractivity contribution in [3.8, 4) is 5.75 Å². The van der Waals surface area contributed by atoms with E-state index in [-0.39, 0.29) is 22.9 Å². The number of nitro benzene ring substituents is 1. The van der Waals surface area contributed by atoms with Crippen molar-refractivity contribution in [1.29, 1.82) is 0 Å². The van der Waals surface area contributed by atoms with Gasteiger partial charge in [-0.2, -0.15) is 0 Å². The van der Waals surface area contributed by atoms with Gasteiger partial charge in [-0.15, -0.1) is 0 Å². The number of nitrogens with zero attached hydrogens (tertiary/aromatic N) is 1. The molecule has 1 saturated heterocycles. The summed E-state index contributed by atoms with van der Waals surface area (Å²) < 4.78 is 31.8. The number of non-ortho nitro benzene ring substituents is 1. The van der Waals surface area contributed by atoms with Gasteiger partial charge in [0.25, 0.3) is 12.2 Å². The largest absolute Gasteiger partial charge is 0.463 e. The zero-order chi connectivity index (χ0) is 24.7. The molecule has 0 saturated carbocycles.